The third kappa shape index (κ3) is 6.93. The van der Waals surface area contributed by atoms with E-state index in [1.54, 1.807) is 0 Å². The maximum atomic E-state index is 11.7. The number of morpholine rings is 1. The number of carbonyl (C=O) groups is 1. The van der Waals surface area contributed by atoms with Crippen LogP contribution in [0.4, 0.5) is 0 Å². The second-order valence-electron chi connectivity index (χ2n) is 5.78. The normalized spacial score (nSPS) is 19.6. The molecule has 5 heteroatoms. The molecule has 106 valence electrons. The average molecular weight is 258 g/mol. The fourth-order valence-corrected chi connectivity index (χ4v) is 1.82. The Balaban J connectivity index is 2.18. The number of amides is 1. The van der Waals surface area contributed by atoms with Crippen LogP contribution in [0, 0.1) is 0 Å². The van der Waals surface area contributed by atoms with Crippen LogP contribution in [-0.4, -0.2) is 61.9 Å². The van der Waals surface area contributed by atoms with E-state index in [0.29, 0.717) is 0 Å². The molecule has 0 spiro atoms. The first-order valence-electron chi connectivity index (χ1n) is 6.60. The molecular formula is C13H26N2O3. The van der Waals surface area contributed by atoms with Crippen molar-refractivity contribution in [2.24, 2.45) is 0 Å². The second kappa shape index (κ2) is 7.07. The lowest BCUT2D eigenvalue weighted by atomic mass is 10.2. The van der Waals surface area contributed by atoms with Gasteiger partial charge in [0.25, 0.3) is 0 Å². The summed E-state index contributed by atoms with van der Waals surface area (Å²) in [4.78, 5) is 14.0. The first kappa shape index (κ1) is 15.4. The van der Waals surface area contributed by atoms with Crippen molar-refractivity contribution in [3.8, 4) is 0 Å². The molecule has 1 aliphatic rings. The van der Waals surface area contributed by atoms with Gasteiger partial charge in [-0.2, -0.15) is 0 Å². The first-order valence-corrected chi connectivity index (χ1v) is 6.60. The summed E-state index contributed by atoms with van der Waals surface area (Å²) >= 11 is 0. The number of hydrogen-bond donors (Lipinski definition) is 1. The third-order valence-electron chi connectivity index (χ3n) is 2.68. The molecule has 0 aromatic heterocycles. The third-order valence-corrected chi connectivity index (χ3v) is 2.68. The van der Waals surface area contributed by atoms with Crippen molar-refractivity contribution in [3.63, 3.8) is 0 Å². The molecule has 0 aromatic rings. The zero-order chi connectivity index (χ0) is 13.6. The lowest BCUT2D eigenvalue weighted by Crippen LogP contribution is -2.47. The van der Waals surface area contributed by atoms with E-state index in [0.717, 1.165) is 32.8 Å². The number of rotatable bonds is 5. The monoisotopic (exact) mass is 258 g/mol. The van der Waals surface area contributed by atoms with Crippen molar-refractivity contribution in [2.45, 2.75) is 39.3 Å². The topological polar surface area (TPSA) is 50.8 Å². The van der Waals surface area contributed by atoms with Crippen molar-refractivity contribution in [1.82, 2.24) is 10.2 Å². The van der Waals surface area contributed by atoms with E-state index in [4.69, 9.17) is 9.47 Å². The van der Waals surface area contributed by atoms with Crippen LogP contribution in [0.5, 0.6) is 0 Å². The van der Waals surface area contributed by atoms with Gasteiger partial charge in [0, 0.05) is 25.7 Å². The van der Waals surface area contributed by atoms with Gasteiger partial charge in [0.2, 0.25) is 5.91 Å². The highest BCUT2D eigenvalue weighted by Gasteiger charge is 2.17. The van der Waals surface area contributed by atoms with Crippen LogP contribution in [0.3, 0.4) is 0 Å². The fourth-order valence-electron chi connectivity index (χ4n) is 1.82. The van der Waals surface area contributed by atoms with Gasteiger partial charge < -0.3 is 14.8 Å². The van der Waals surface area contributed by atoms with Crippen LogP contribution in [0.15, 0.2) is 0 Å². The maximum Gasteiger partial charge on any atom is 0.246 e. The summed E-state index contributed by atoms with van der Waals surface area (Å²) in [5.74, 6) is -0.0503. The minimum absolute atomic E-state index is 0.0503. The van der Waals surface area contributed by atoms with Gasteiger partial charge in [0.15, 0.2) is 0 Å². The van der Waals surface area contributed by atoms with Gasteiger partial charge in [0.05, 0.1) is 18.8 Å². The summed E-state index contributed by atoms with van der Waals surface area (Å²) in [6.45, 7) is 12.3. The molecule has 1 N–H and O–H groups in total. The minimum Gasteiger partial charge on any atom is -0.379 e. The van der Waals surface area contributed by atoms with Crippen molar-refractivity contribution in [3.05, 3.63) is 0 Å². The van der Waals surface area contributed by atoms with E-state index >= 15 is 0 Å². The highest BCUT2D eigenvalue weighted by Crippen LogP contribution is 2.05. The van der Waals surface area contributed by atoms with Crippen molar-refractivity contribution >= 4 is 5.91 Å². The van der Waals surface area contributed by atoms with E-state index in [9.17, 15) is 4.79 Å². The van der Waals surface area contributed by atoms with Crippen LogP contribution >= 0.6 is 0 Å². The number of hydrogen-bond acceptors (Lipinski definition) is 4. The van der Waals surface area contributed by atoms with Gasteiger partial charge in [-0.15, -0.1) is 0 Å². The second-order valence-corrected chi connectivity index (χ2v) is 5.78. The van der Waals surface area contributed by atoms with Crippen LogP contribution in [0.25, 0.3) is 0 Å². The van der Waals surface area contributed by atoms with E-state index in [-0.39, 0.29) is 24.2 Å². The number of ether oxygens (including phenoxy) is 2. The summed E-state index contributed by atoms with van der Waals surface area (Å²) < 4.78 is 10.7. The van der Waals surface area contributed by atoms with Crippen LogP contribution in [-0.2, 0) is 14.3 Å². The van der Waals surface area contributed by atoms with Gasteiger partial charge in [0.1, 0.15) is 6.61 Å². The number of nitrogens with zero attached hydrogens (tertiary/aromatic N) is 1. The highest BCUT2D eigenvalue weighted by molar-refractivity contribution is 5.77. The molecule has 0 aliphatic carbocycles. The van der Waals surface area contributed by atoms with Gasteiger partial charge in [-0.3, -0.25) is 9.69 Å². The summed E-state index contributed by atoms with van der Waals surface area (Å²) in [5, 5.41) is 2.95. The predicted molar refractivity (Wildman–Crippen MR) is 70.6 cm³/mol. The molecule has 1 rings (SSSR count). The van der Waals surface area contributed by atoms with Crippen LogP contribution < -0.4 is 5.32 Å². The molecule has 0 saturated carbocycles. The van der Waals surface area contributed by atoms with Gasteiger partial charge in [-0.05, 0) is 27.7 Å². The SMILES string of the molecule is CC(CN1CCOCC1)NC(=O)COC(C)(C)C. The van der Waals surface area contributed by atoms with E-state index in [2.05, 4.69) is 10.2 Å². The Kier molecular flexibility index (Phi) is 6.05. The Morgan fingerprint density at radius 2 is 2.00 bits per heavy atom. The van der Waals surface area contributed by atoms with Crippen LogP contribution in [0.2, 0.25) is 0 Å². The van der Waals surface area contributed by atoms with Crippen molar-refractivity contribution < 1.29 is 14.3 Å². The first-order chi connectivity index (χ1) is 8.37. The quantitative estimate of drug-likeness (QED) is 0.786. The molecule has 0 aromatic carbocycles. The molecule has 1 atom stereocenters. The van der Waals surface area contributed by atoms with E-state index < -0.39 is 0 Å². The van der Waals surface area contributed by atoms with Gasteiger partial charge in [-0.1, -0.05) is 0 Å². The molecule has 1 heterocycles. The summed E-state index contributed by atoms with van der Waals surface area (Å²) in [7, 11) is 0. The Labute approximate surface area is 110 Å². The van der Waals surface area contributed by atoms with Crippen molar-refractivity contribution in [1.29, 1.82) is 0 Å². The number of nitrogens with one attached hydrogen (secondary N) is 1. The van der Waals surface area contributed by atoms with Crippen LogP contribution in [0.1, 0.15) is 27.7 Å². The Hall–Kier alpha value is -0.650. The Morgan fingerprint density at radius 1 is 1.39 bits per heavy atom. The van der Waals surface area contributed by atoms with E-state index in [1.807, 2.05) is 27.7 Å². The van der Waals surface area contributed by atoms with Gasteiger partial charge in [-0.25, -0.2) is 0 Å². The molecule has 1 unspecified atom stereocenters. The summed E-state index contributed by atoms with van der Waals surface area (Å²) in [6.07, 6.45) is 0. The van der Waals surface area contributed by atoms with E-state index in [1.165, 1.54) is 0 Å². The molecule has 1 aliphatic heterocycles. The lowest BCUT2D eigenvalue weighted by Gasteiger charge is -2.29. The van der Waals surface area contributed by atoms with Crippen molar-refractivity contribution in [2.75, 3.05) is 39.5 Å². The summed E-state index contributed by atoms with van der Waals surface area (Å²) in [6, 6.07) is 0.138. The molecule has 18 heavy (non-hydrogen) atoms. The minimum atomic E-state index is -0.273. The molecule has 0 radical (unpaired) electrons. The largest absolute Gasteiger partial charge is 0.379 e. The molecule has 1 saturated heterocycles. The molecule has 5 nitrogen and oxygen atoms in total. The average Bonchev–Trinajstić information content (AvgIpc) is 2.26. The molecule has 0 bridgehead atoms. The smallest absolute Gasteiger partial charge is 0.246 e. The molecule has 1 amide bonds. The molecular weight excluding hydrogens is 232 g/mol. The Bertz CT molecular complexity index is 257. The standard InChI is InChI=1S/C13H26N2O3/c1-11(9-15-5-7-17-8-6-15)14-12(16)10-18-13(2,3)4/h11H,5-10H2,1-4H3,(H,14,16). The maximum absolute atomic E-state index is 11.7. The zero-order valence-electron chi connectivity index (χ0n) is 12.0. The Morgan fingerprint density at radius 3 is 2.56 bits per heavy atom. The molecule has 1 fully saturated rings. The summed E-state index contributed by atoms with van der Waals surface area (Å²) in [5.41, 5.74) is -0.273. The number of carbonyl (C=O) groups excluding carboxylic acids is 1. The fraction of sp³-hybridized carbons (Fsp3) is 0.923. The lowest BCUT2D eigenvalue weighted by molar-refractivity contribution is -0.131. The highest BCUT2D eigenvalue weighted by atomic mass is 16.5. The zero-order valence-corrected chi connectivity index (χ0v) is 12.0. The van der Waals surface area contributed by atoms with Gasteiger partial charge >= 0.3 is 0 Å². The predicted octanol–water partition coefficient (Wildman–Crippen LogP) is 0.638.